The fourth-order valence-corrected chi connectivity index (χ4v) is 3.94. The Labute approximate surface area is 211 Å². The molecule has 4 rings (SSSR count). The summed E-state index contributed by atoms with van der Waals surface area (Å²) in [6.07, 6.45) is -4.99. The van der Waals surface area contributed by atoms with Gasteiger partial charge in [-0.25, -0.2) is 9.78 Å². The summed E-state index contributed by atoms with van der Waals surface area (Å²) in [6, 6.07) is 0.915. The summed E-state index contributed by atoms with van der Waals surface area (Å²) in [7, 11) is 1.73. The van der Waals surface area contributed by atoms with Crippen molar-refractivity contribution in [2.24, 2.45) is 7.05 Å². The van der Waals surface area contributed by atoms with Crippen LogP contribution in [0.1, 0.15) is 27.9 Å². The molecular weight excluding hydrogens is 520 g/mol. The number of nitrogen functional groups attached to an aromatic ring is 1. The third-order valence-corrected chi connectivity index (χ3v) is 5.85. The standard InChI is InChI=1S/C23H21F6N7O2/c1-35-10-13(9-32-35)12-4-18(19(30)31-8-12)20(37)33-16-2-3-36(11-16)21(38)34-17-6-14(22(24,25)26)5-15(7-17)23(27,28)29/h4-10,16H,2-3,11H2,1H3,(H2,30,31)(H,33,37)(H,34,38)/t16-/m1/s1. The van der Waals surface area contributed by atoms with Crippen molar-refractivity contribution in [2.45, 2.75) is 24.8 Å². The van der Waals surface area contributed by atoms with Gasteiger partial charge in [-0.3, -0.25) is 9.48 Å². The van der Waals surface area contributed by atoms with Gasteiger partial charge in [0.15, 0.2) is 0 Å². The van der Waals surface area contributed by atoms with Crippen LogP contribution in [0.3, 0.4) is 0 Å². The zero-order valence-corrected chi connectivity index (χ0v) is 19.7. The highest BCUT2D eigenvalue weighted by Gasteiger charge is 2.37. The van der Waals surface area contributed by atoms with E-state index in [2.05, 4.69) is 20.7 Å². The molecule has 1 aromatic carbocycles. The van der Waals surface area contributed by atoms with Gasteiger partial charge in [0.2, 0.25) is 0 Å². The van der Waals surface area contributed by atoms with Crippen molar-refractivity contribution in [3.8, 4) is 11.1 Å². The molecule has 0 bridgehead atoms. The number of rotatable bonds is 4. The summed E-state index contributed by atoms with van der Waals surface area (Å²) in [5.41, 5.74) is 3.52. The van der Waals surface area contributed by atoms with E-state index in [9.17, 15) is 35.9 Å². The Hall–Kier alpha value is -4.30. The van der Waals surface area contributed by atoms with Gasteiger partial charge in [0.05, 0.1) is 22.9 Å². The molecule has 0 radical (unpaired) electrons. The lowest BCUT2D eigenvalue weighted by atomic mass is 10.1. The lowest BCUT2D eigenvalue weighted by molar-refractivity contribution is -0.143. The second-order valence-corrected chi connectivity index (χ2v) is 8.69. The predicted molar refractivity (Wildman–Crippen MR) is 124 cm³/mol. The van der Waals surface area contributed by atoms with Crippen molar-refractivity contribution in [2.75, 3.05) is 24.1 Å². The first-order chi connectivity index (χ1) is 17.7. The van der Waals surface area contributed by atoms with Crippen molar-refractivity contribution < 1.29 is 35.9 Å². The molecule has 2 aromatic heterocycles. The molecule has 0 saturated carbocycles. The van der Waals surface area contributed by atoms with E-state index in [0.29, 0.717) is 29.7 Å². The topological polar surface area (TPSA) is 118 Å². The first-order valence-corrected chi connectivity index (χ1v) is 11.1. The van der Waals surface area contributed by atoms with Crippen molar-refractivity contribution in [3.05, 3.63) is 59.5 Å². The molecule has 4 N–H and O–H groups in total. The van der Waals surface area contributed by atoms with Crippen molar-refractivity contribution in [1.82, 2.24) is 25.0 Å². The van der Waals surface area contributed by atoms with Gasteiger partial charge in [0, 0.05) is 55.4 Å². The summed E-state index contributed by atoms with van der Waals surface area (Å²) in [5, 5.41) is 8.88. The van der Waals surface area contributed by atoms with E-state index >= 15 is 0 Å². The van der Waals surface area contributed by atoms with E-state index < -0.39 is 47.1 Å². The number of pyridine rings is 1. The van der Waals surface area contributed by atoms with Crippen LogP contribution in [-0.2, 0) is 19.4 Å². The summed E-state index contributed by atoms with van der Waals surface area (Å²) in [6.45, 7) is 0.0730. The van der Waals surface area contributed by atoms with Crippen LogP contribution in [0, 0.1) is 0 Å². The summed E-state index contributed by atoms with van der Waals surface area (Å²) in [5.74, 6) is -0.576. The number of halogens is 6. The molecule has 38 heavy (non-hydrogen) atoms. The molecule has 9 nitrogen and oxygen atoms in total. The number of aromatic nitrogens is 3. The average molecular weight is 541 g/mol. The van der Waals surface area contributed by atoms with Crippen LogP contribution >= 0.6 is 0 Å². The second-order valence-electron chi connectivity index (χ2n) is 8.69. The van der Waals surface area contributed by atoms with Crippen molar-refractivity contribution in [1.29, 1.82) is 0 Å². The minimum absolute atomic E-state index is 0.0206. The zero-order chi connectivity index (χ0) is 27.8. The number of urea groups is 1. The van der Waals surface area contributed by atoms with Gasteiger partial charge in [-0.1, -0.05) is 0 Å². The molecule has 1 fully saturated rings. The van der Waals surface area contributed by atoms with Crippen LogP contribution in [0.2, 0.25) is 0 Å². The Bertz CT molecular complexity index is 1340. The SMILES string of the molecule is Cn1cc(-c2cnc(N)c(C(=O)N[C@@H]3CCN(C(=O)Nc4cc(C(F)(F)F)cc(C(F)(F)F)c4)C3)c2)cn1. The van der Waals surface area contributed by atoms with Gasteiger partial charge >= 0.3 is 18.4 Å². The van der Waals surface area contributed by atoms with Crippen LogP contribution in [0.4, 0.5) is 42.6 Å². The first-order valence-electron chi connectivity index (χ1n) is 11.1. The maximum Gasteiger partial charge on any atom is 0.416 e. The van der Waals surface area contributed by atoms with E-state index in [1.807, 2.05) is 0 Å². The van der Waals surface area contributed by atoms with E-state index in [0.717, 1.165) is 0 Å². The average Bonchev–Trinajstić information content (AvgIpc) is 3.47. The molecule has 1 saturated heterocycles. The molecular formula is C23H21F6N7O2. The van der Waals surface area contributed by atoms with Gasteiger partial charge < -0.3 is 21.3 Å². The first kappa shape index (κ1) is 26.8. The smallest absolute Gasteiger partial charge is 0.383 e. The molecule has 15 heteroatoms. The number of aryl methyl sites for hydroxylation is 1. The Morgan fingerprint density at radius 1 is 1.00 bits per heavy atom. The van der Waals surface area contributed by atoms with E-state index in [1.165, 1.54) is 11.1 Å². The Morgan fingerprint density at radius 2 is 1.66 bits per heavy atom. The highest BCUT2D eigenvalue weighted by atomic mass is 19.4. The third-order valence-electron chi connectivity index (χ3n) is 5.85. The van der Waals surface area contributed by atoms with Crippen molar-refractivity contribution >= 4 is 23.4 Å². The number of nitrogens with one attached hydrogen (secondary N) is 2. The Kier molecular flexibility index (Phi) is 6.95. The lowest BCUT2D eigenvalue weighted by Gasteiger charge is -2.19. The number of likely N-dealkylation sites (tertiary alicyclic amines) is 1. The quantitative estimate of drug-likeness (QED) is 0.430. The van der Waals surface area contributed by atoms with Gasteiger partial charge in [-0.05, 0) is 30.7 Å². The van der Waals surface area contributed by atoms with E-state index in [1.54, 1.807) is 30.2 Å². The normalized spacial score (nSPS) is 16.0. The number of hydrogen-bond acceptors (Lipinski definition) is 5. The number of nitrogens with two attached hydrogens (primary N) is 1. The summed E-state index contributed by atoms with van der Waals surface area (Å²) >= 11 is 0. The van der Waals surface area contributed by atoms with Gasteiger partial charge in [-0.2, -0.15) is 31.4 Å². The number of nitrogens with zero attached hydrogens (tertiary/aromatic N) is 4. The van der Waals surface area contributed by atoms with Gasteiger partial charge in [-0.15, -0.1) is 0 Å². The molecule has 1 aliphatic heterocycles. The molecule has 3 heterocycles. The molecule has 3 aromatic rings. The molecule has 1 atom stereocenters. The van der Waals surface area contributed by atoms with Crippen LogP contribution in [-0.4, -0.2) is 50.7 Å². The zero-order valence-electron chi connectivity index (χ0n) is 19.7. The van der Waals surface area contributed by atoms with Crippen LogP contribution in [0.5, 0.6) is 0 Å². The van der Waals surface area contributed by atoms with Gasteiger partial charge in [0.1, 0.15) is 5.82 Å². The molecule has 3 amide bonds. The summed E-state index contributed by atoms with van der Waals surface area (Å²) in [4.78, 5) is 30.7. The second kappa shape index (κ2) is 9.87. The number of anilines is 2. The third kappa shape index (κ3) is 5.98. The Balaban J connectivity index is 1.43. The number of hydrogen-bond donors (Lipinski definition) is 3. The van der Waals surface area contributed by atoms with E-state index in [4.69, 9.17) is 5.73 Å². The molecule has 0 unspecified atom stereocenters. The number of carbonyl (C=O) groups is 2. The monoisotopic (exact) mass is 541 g/mol. The largest absolute Gasteiger partial charge is 0.416 e. The van der Waals surface area contributed by atoms with Gasteiger partial charge in [0.25, 0.3) is 5.91 Å². The number of alkyl halides is 6. The molecule has 1 aliphatic rings. The van der Waals surface area contributed by atoms with Crippen LogP contribution < -0.4 is 16.4 Å². The lowest BCUT2D eigenvalue weighted by Crippen LogP contribution is -2.40. The Morgan fingerprint density at radius 3 is 2.24 bits per heavy atom. The number of amides is 3. The fraction of sp³-hybridized carbons (Fsp3) is 0.304. The fourth-order valence-electron chi connectivity index (χ4n) is 3.94. The highest BCUT2D eigenvalue weighted by molar-refractivity contribution is 5.99. The van der Waals surface area contributed by atoms with Crippen LogP contribution in [0.15, 0.2) is 42.9 Å². The van der Waals surface area contributed by atoms with Crippen LogP contribution in [0.25, 0.3) is 11.1 Å². The summed E-state index contributed by atoms with van der Waals surface area (Å²) < 4.78 is 80.1. The molecule has 0 spiro atoms. The molecule has 0 aliphatic carbocycles. The number of carbonyl (C=O) groups excluding carboxylic acids is 2. The minimum atomic E-state index is -5.05. The highest BCUT2D eigenvalue weighted by Crippen LogP contribution is 2.37. The predicted octanol–water partition coefficient (Wildman–Crippen LogP) is 4.14. The minimum Gasteiger partial charge on any atom is -0.383 e. The van der Waals surface area contributed by atoms with Crippen molar-refractivity contribution in [3.63, 3.8) is 0 Å². The number of benzene rings is 1. The molecule has 202 valence electrons. The van der Waals surface area contributed by atoms with E-state index in [-0.39, 0.29) is 30.5 Å². The maximum absolute atomic E-state index is 13.1. The maximum atomic E-state index is 13.1.